The van der Waals surface area contributed by atoms with Crippen LogP contribution < -0.4 is 15.2 Å². The number of rotatable bonds is 7. The van der Waals surface area contributed by atoms with Gasteiger partial charge in [-0.15, -0.1) is 0 Å². The van der Waals surface area contributed by atoms with Gasteiger partial charge in [0.15, 0.2) is 0 Å². The summed E-state index contributed by atoms with van der Waals surface area (Å²) in [6.07, 6.45) is 0. The van der Waals surface area contributed by atoms with Crippen molar-refractivity contribution in [3.63, 3.8) is 0 Å². The van der Waals surface area contributed by atoms with Gasteiger partial charge in [0, 0.05) is 12.2 Å². The molecular weight excluding hydrogens is 354 g/mol. The topological polar surface area (TPSA) is 139 Å². The molecule has 0 aliphatic rings. The molecule has 130 valence electrons. The van der Waals surface area contributed by atoms with Crippen LogP contribution in [0.4, 0.5) is 11.4 Å². The molecule has 0 atom stereocenters. The minimum Gasteiger partial charge on any atom is -0.399 e. The van der Waals surface area contributed by atoms with Gasteiger partial charge >= 0.3 is 0 Å². The molecule has 0 heterocycles. The Morgan fingerprint density at radius 2 is 1.54 bits per heavy atom. The molecule has 2 rings (SSSR count). The van der Waals surface area contributed by atoms with E-state index in [0.717, 1.165) is 0 Å². The number of sulfonamides is 2. The highest BCUT2D eigenvalue weighted by atomic mass is 32.2. The third kappa shape index (κ3) is 4.45. The fraction of sp³-hybridized carbons (Fsp3) is 0.143. The lowest BCUT2D eigenvalue weighted by Crippen LogP contribution is -2.26. The largest absolute Gasteiger partial charge is 0.399 e. The standard InChI is InChI=1S/C14H17N3O5S2/c15-11-3-1-5-13(9-11)24(21,22)17-12-4-2-6-14(10-12)23(19,20)16-7-8-18/h1-6,9-10,16-18H,7-8,15H2. The predicted octanol–water partition coefficient (Wildman–Crippen LogP) is 0.340. The van der Waals surface area contributed by atoms with Crippen LogP contribution in [0.15, 0.2) is 58.3 Å². The van der Waals surface area contributed by atoms with E-state index in [9.17, 15) is 16.8 Å². The second-order valence-electron chi connectivity index (χ2n) is 4.83. The summed E-state index contributed by atoms with van der Waals surface area (Å²) in [6.45, 7) is -0.484. The molecule has 0 aliphatic heterocycles. The van der Waals surface area contributed by atoms with Gasteiger partial charge in [-0.2, -0.15) is 0 Å². The number of nitrogens with two attached hydrogens (primary N) is 1. The molecule has 0 saturated carbocycles. The summed E-state index contributed by atoms with van der Waals surface area (Å²) >= 11 is 0. The van der Waals surface area contributed by atoms with E-state index in [1.54, 1.807) is 6.07 Å². The normalized spacial score (nSPS) is 12.0. The van der Waals surface area contributed by atoms with E-state index < -0.39 is 20.0 Å². The zero-order valence-electron chi connectivity index (χ0n) is 12.5. The lowest BCUT2D eigenvalue weighted by molar-refractivity contribution is 0.301. The van der Waals surface area contributed by atoms with Gasteiger partial charge in [0.2, 0.25) is 10.0 Å². The second kappa shape index (κ2) is 7.18. The Kier molecular flexibility index (Phi) is 5.44. The first-order valence-electron chi connectivity index (χ1n) is 6.83. The lowest BCUT2D eigenvalue weighted by Gasteiger charge is -2.10. The third-order valence-corrected chi connectivity index (χ3v) is 5.81. The molecule has 24 heavy (non-hydrogen) atoms. The van der Waals surface area contributed by atoms with Gasteiger partial charge < -0.3 is 10.8 Å². The fourth-order valence-corrected chi connectivity index (χ4v) is 4.06. The second-order valence-corrected chi connectivity index (χ2v) is 8.28. The van der Waals surface area contributed by atoms with Crippen LogP contribution in [-0.4, -0.2) is 35.1 Å². The van der Waals surface area contributed by atoms with Gasteiger partial charge in [0.25, 0.3) is 10.0 Å². The molecule has 0 aliphatic carbocycles. The number of benzene rings is 2. The Hall–Kier alpha value is -2.14. The quantitative estimate of drug-likeness (QED) is 0.518. The Balaban J connectivity index is 2.30. The van der Waals surface area contributed by atoms with Crippen LogP contribution in [0.5, 0.6) is 0 Å². The monoisotopic (exact) mass is 371 g/mol. The Morgan fingerprint density at radius 1 is 0.917 bits per heavy atom. The van der Waals surface area contributed by atoms with Crippen LogP contribution in [0.2, 0.25) is 0 Å². The molecule has 0 fully saturated rings. The molecule has 10 heteroatoms. The van der Waals surface area contributed by atoms with E-state index in [1.807, 2.05) is 0 Å². The molecule has 2 aromatic carbocycles. The van der Waals surface area contributed by atoms with Crippen LogP contribution in [0.25, 0.3) is 0 Å². The molecular formula is C14H17N3O5S2. The first-order valence-corrected chi connectivity index (χ1v) is 9.80. The summed E-state index contributed by atoms with van der Waals surface area (Å²) in [5.74, 6) is 0. The Bertz CT molecular complexity index is 927. The summed E-state index contributed by atoms with van der Waals surface area (Å²) < 4.78 is 53.1. The van der Waals surface area contributed by atoms with Crippen LogP contribution in [-0.2, 0) is 20.0 Å². The molecule has 0 bridgehead atoms. The van der Waals surface area contributed by atoms with E-state index in [4.69, 9.17) is 10.8 Å². The van der Waals surface area contributed by atoms with Crippen LogP contribution >= 0.6 is 0 Å². The third-order valence-electron chi connectivity index (χ3n) is 2.97. The highest BCUT2D eigenvalue weighted by Gasteiger charge is 2.17. The van der Waals surface area contributed by atoms with Crippen molar-refractivity contribution < 1.29 is 21.9 Å². The average molecular weight is 371 g/mol. The van der Waals surface area contributed by atoms with E-state index in [0.29, 0.717) is 5.69 Å². The van der Waals surface area contributed by atoms with Gasteiger partial charge in [0.05, 0.1) is 22.1 Å². The minimum absolute atomic E-state index is 0.0332. The maximum atomic E-state index is 12.3. The van der Waals surface area contributed by atoms with Crippen LogP contribution in [0, 0.1) is 0 Å². The molecule has 0 unspecified atom stereocenters. The zero-order chi connectivity index (χ0) is 17.8. The summed E-state index contributed by atoms with van der Waals surface area (Å²) in [6, 6.07) is 11.1. The first kappa shape index (κ1) is 18.2. The van der Waals surface area contributed by atoms with E-state index >= 15 is 0 Å². The predicted molar refractivity (Wildman–Crippen MR) is 90.4 cm³/mol. The minimum atomic E-state index is -3.90. The summed E-state index contributed by atoms with van der Waals surface area (Å²) in [5.41, 5.74) is 5.96. The maximum absolute atomic E-state index is 12.3. The van der Waals surface area contributed by atoms with Gasteiger partial charge in [0.1, 0.15) is 0 Å². The van der Waals surface area contributed by atoms with Crippen molar-refractivity contribution in [3.05, 3.63) is 48.5 Å². The van der Waals surface area contributed by atoms with Crippen molar-refractivity contribution >= 4 is 31.4 Å². The molecule has 8 nitrogen and oxygen atoms in total. The fourth-order valence-electron chi connectivity index (χ4n) is 1.89. The SMILES string of the molecule is Nc1cccc(S(=O)(=O)Nc2cccc(S(=O)(=O)NCCO)c2)c1. The van der Waals surface area contributed by atoms with Crippen LogP contribution in [0.1, 0.15) is 0 Å². The van der Waals surface area contributed by atoms with Crippen molar-refractivity contribution in [2.75, 3.05) is 23.6 Å². The Morgan fingerprint density at radius 3 is 2.17 bits per heavy atom. The number of anilines is 2. The van der Waals surface area contributed by atoms with E-state index in [2.05, 4.69) is 9.44 Å². The number of aliphatic hydroxyl groups is 1. The van der Waals surface area contributed by atoms with Crippen molar-refractivity contribution in [1.82, 2.24) is 4.72 Å². The van der Waals surface area contributed by atoms with Crippen molar-refractivity contribution in [2.24, 2.45) is 0 Å². The summed E-state index contributed by atoms with van der Waals surface area (Å²) in [5, 5.41) is 8.70. The summed E-state index contributed by atoms with van der Waals surface area (Å²) in [4.78, 5) is -0.155. The number of hydrogen-bond acceptors (Lipinski definition) is 6. The molecule has 0 radical (unpaired) electrons. The van der Waals surface area contributed by atoms with Gasteiger partial charge in [-0.25, -0.2) is 21.6 Å². The van der Waals surface area contributed by atoms with E-state index in [-0.39, 0.29) is 28.6 Å². The highest BCUT2D eigenvalue weighted by molar-refractivity contribution is 7.92. The van der Waals surface area contributed by atoms with Gasteiger partial charge in [-0.3, -0.25) is 4.72 Å². The average Bonchev–Trinajstić information content (AvgIpc) is 2.53. The number of hydrogen-bond donors (Lipinski definition) is 4. The van der Waals surface area contributed by atoms with Crippen LogP contribution in [0.3, 0.4) is 0 Å². The Labute approximate surface area is 140 Å². The van der Waals surface area contributed by atoms with Gasteiger partial charge in [-0.1, -0.05) is 12.1 Å². The first-order chi connectivity index (χ1) is 11.2. The van der Waals surface area contributed by atoms with Crippen molar-refractivity contribution in [3.8, 4) is 0 Å². The maximum Gasteiger partial charge on any atom is 0.261 e. The lowest BCUT2D eigenvalue weighted by atomic mass is 10.3. The smallest absolute Gasteiger partial charge is 0.261 e. The molecule has 5 N–H and O–H groups in total. The molecule has 0 amide bonds. The van der Waals surface area contributed by atoms with Crippen molar-refractivity contribution in [2.45, 2.75) is 9.79 Å². The number of aliphatic hydroxyl groups excluding tert-OH is 1. The number of nitrogens with one attached hydrogen (secondary N) is 2. The highest BCUT2D eigenvalue weighted by Crippen LogP contribution is 2.20. The zero-order valence-corrected chi connectivity index (χ0v) is 14.1. The van der Waals surface area contributed by atoms with Crippen molar-refractivity contribution in [1.29, 1.82) is 0 Å². The molecule has 2 aromatic rings. The molecule has 0 saturated heterocycles. The van der Waals surface area contributed by atoms with E-state index in [1.165, 1.54) is 42.5 Å². The number of nitrogen functional groups attached to an aromatic ring is 1. The summed E-state index contributed by atoms with van der Waals surface area (Å²) in [7, 11) is -7.74. The molecule has 0 spiro atoms. The molecule has 0 aromatic heterocycles. The van der Waals surface area contributed by atoms with Gasteiger partial charge in [-0.05, 0) is 36.4 Å².